The van der Waals surface area contributed by atoms with E-state index >= 15 is 0 Å². The third-order valence-corrected chi connectivity index (χ3v) is 5.32. The smallest absolute Gasteiger partial charge is 0.237 e. The van der Waals surface area contributed by atoms with Crippen molar-refractivity contribution in [1.82, 2.24) is 15.6 Å². The van der Waals surface area contributed by atoms with Gasteiger partial charge in [0.2, 0.25) is 5.91 Å². The lowest BCUT2D eigenvalue weighted by Gasteiger charge is -2.27. The Hall–Kier alpha value is -3.70. The van der Waals surface area contributed by atoms with E-state index < -0.39 is 35.4 Å². The van der Waals surface area contributed by atoms with E-state index in [9.17, 15) is 18.0 Å². The first-order valence-electron chi connectivity index (χ1n) is 10.9. The summed E-state index contributed by atoms with van der Waals surface area (Å²) in [6.45, 7) is 3.62. The summed E-state index contributed by atoms with van der Waals surface area (Å²) in [7, 11) is 0. The van der Waals surface area contributed by atoms with Gasteiger partial charge in [0.25, 0.3) is 0 Å². The number of amides is 1. The molecule has 2 N–H and O–H groups in total. The van der Waals surface area contributed by atoms with E-state index in [4.69, 9.17) is 5.26 Å². The summed E-state index contributed by atoms with van der Waals surface area (Å²) in [5, 5.41) is 14.4. The molecule has 8 heteroatoms. The van der Waals surface area contributed by atoms with Gasteiger partial charge in [0, 0.05) is 30.1 Å². The van der Waals surface area contributed by atoms with E-state index in [0.29, 0.717) is 24.1 Å². The van der Waals surface area contributed by atoms with Crippen molar-refractivity contribution < 1.29 is 18.0 Å². The second-order valence-corrected chi connectivity index (χ2v) is 8.30. The molecule has 0 radical (unpaired) electrons. The van der Waals surface area contributed by atoms with Crippen LogP contribution in [0.25, 0.3) is 11.1 Å². The maximum absolute atomic E-state index is 14.8. The number of carbonyl (C=O) groups is 1. The maximum Gasteiger partial charge on any atom is 0.237 e. The molecule has 0 fully saturated rings. The second-order valence-electron chi connectivity index (χ2n) is 8.30. The van der Waals surface area contributed by atoms with Crippen LogP contribution in [0.1, 0.15) is 37.4 Å². The molecule has 1 aromatic heterocycles. The fourth-order valence-electron chi connectivity index (χ4n) is 3.76. The largest absolute Gasteiger partial charge is 0.342 e. The first kappa shape index (κ1) is 24.9. The third kappa shape index (κ3) is 6.21. The summed E-state index contributed by atoms with van der Waals surface area (Å²) >= 11 is 0. The number of rotatable bonds is 9. The number of carbonyl (C=O) groups excluding carboxylic acids is 1. The summed E-state index contributed by atoms with van der Waals surface area (Å²) in [5.41, 5.74) is 1.89. The van der Waals surface area contributed by atoms with Crippen molar-refractivity contribution in [1.29, 1.82) is 5.26 Å². The first-order chi connectivity index (χ1) is 16.3. The van der Waals surface area contributed by atoms with Gasteiger partial charge in [-0.2, -0.15) is 5.26 Å². The van der Waals surface area contributed by atoms with Crippen LogP contribution in [0.5, 0.6) is 0 Å². The average molecular weight is 467 g/mol. The van der Waals surface area contributed by atoms with E-state index in [1.165, 1.54) is 0 Å². The van der Waals surface area contributed by atoms with E-state index in [2.05, 4.69) is 15.6 Å². The zero-order chi connectivity index (χ0) is 24.7. The molecule has 2 aromatic carbocycles. The minimum atomic E-state index is -1.08. The second kappa shape index (κ2) is 11.4. The SMILES string of the molecule is CC(C)C[C@H](NC(c1ccc(-c2ccncc2)cc1)c1c(F)cc(F)cc1F)C(=O)NCC#N. The first-order valence-corrected chi connectivity index (χ1v) is 10.9. The fraction of sp³-hybridized carbons (Fsp3) is 0.269. The van der Waals surface area contributed by atoms with Gasteiger partial charge >= 0.3 is 0 Å². The molecule has 176 valence electrons. The lowest BCUT2D eigenvalue weighted by atomic mass is 9.93. The zero-order valence-corrected chi connectivity index (χ0v) is 18.9. The van der Waals surface area contributed by atoms with Crippen molar-refractivity contribution in [2.75, 3.05) is 6.54 Å². The van der Waals surface area contributed by atoms with Gasteiger partial charge in [-0.25, -0.2) is 13.2 Å². The number of aromatic nitrogens is 1. The number of halogens is 3. The van der Waals surface area contributed by atoms with Crippen molar-refractivity contribution in [2.24, 2.45) is 5.92 Å². The molecular weight excluding hydrogens is 441 g/mol. The van der Waals surface area contributed by atoms with Crippen molar-refractivity contribution in [3.8, 4) is 17.2 Å². The molecule has 0 saturated carbocycles. The Labute approximate surface area is 196 Å². The molecule has 1 amide bonds. The van der Waals surface area contributed by atoms with Gasteiger partial charge in [0.05, 0.1) is 18.2 Å². The maximum atomic E-state index is 14.8. The normalized spacial score (nSPS) is 12.7. The Morgan fingerprint density at radius 3 is 2.15 bits per heavy atom. The minimum absolute atomic E-state index is 0.0722. The Kier molecular flexibility index (Phi) is 8.39. The molecule has 1 heterocycles. The van der Waals surface area contributed by atoms with Crippen LogP contribution < -0.4 is 10.6 Å². The number of benzene rings is 2. The molecule has 3 aromatic rings. The highest BCUT2D eigenvalue weighted by Gasteiger charge is 2.29. The van der Waals surface area contributed by atoms with E-state index in [0.717, 1.165) is 11.1 Å². The minimum Gasteiger partial charge on any atom is -0.342 e. The van der Waals surface area contributed by atoms with Crippen LogP contribution in [0, 0.1) is 34.7 Å². The van der Waals surface area contributed by atoms with Gasteiger partial charge in [-0.3, -0.25) is 15.1 Å². The van der Waals surface area contributed by atoms with Crippen LogP contribution in [0.15, 0.2) is 60.9 Å². The van der Waals surface area contributed by atoms with Crippen molar-refractivity contribution in [3.05, 3.63) is 89.5 Å². The fourth-order valence-corrected chi connectivity index (χ4v) is 3.76. The Morgan fingerprint density at radius 2 is 1.59 bits per heavy atom. The summed E-state index contributed by atoms with van der Waals surface area (Å²) in [4.78, 5) is 16.7. The van der Waals surface area contributed by atoms with Gasteiger partial charge in [-0.1, -0.05) is 38.1 Å². The highest BCUT2D eigenvalue weighted by atomic mass is 19.1. The predicted octanol–water partition coefficient (Wildman–Crippen LogP) is 4.90. The molecule has 1 unspecified atom stereocenters. The van der Waals surface area contributed by atoms with Crippen molar-refractivity contribution >= 4 is 5.91 Å². The topological polar surface area (TPSA) is 77.8 Å². The Bertz CT molecular complexity index is 1140. The lowest BCUT2D eigenvalue weighted by molar-refractivity contribution is -0.123. The monoisotopic (exact) mass is 466 g/mol. The highest BCUT2D eigenvalue weighted by Crippen LogP contribution is 2.30. The zero-order valence-electron chi connectivity index (χ0n) is 18.9. The molecule has 0 aliphatic carbocycles. The Balaban J connectivity index is 2.04. The molecule has 5 nitrogen and oxygen atoms in total. The molecular formula is C26H25F3N4O. The predicted molar refractivity (Wildman–Crippen MR) is 123 cm³/mol. The molecule has 0 saturated heterocycles. The van der Waals surface area contributed by atoms with Gasteiger partial charge in [0.1, 0.15) is 24.0 Å². The van der Waals surface area contributed by atoms with Gasteiger partial charge in [-0.15, -0.1) is 0 Å². The average Bonchev–Trinajstić information content (AvgIpc) is 2.81. The number of pyridine rings is 1. The van der Waals surface area contributed by atoms with Crippen molar-refractivity contribution in [3.63, 3.8) is 0 Å². The van der Waals surface area contributed by atoms with Crippen LogP contribution in [-0.2, 0) is 4.79 Å². The molecule has 34 heavy (non-hydrogen) atoms. The van der Waals surface area contributed by atoms with Gasteiger partial charge in [-0.05, 0) is 41.2 Å². The molecule has 0 aliphatic heterocycles. The molecule has 0 aliphatic rings. The number of hydrogen-bond donors (Lipinski definition) is 2. The van der Waals surface area contributed by atoms with Crippen LogP contribution in [0.2, 0.25) is 0 Å². The van der Waals surface area contributed by atoms with Crippen molar-refractivity contribution in [2.45, 2.75) is 32.4 Å². The summed E-state index contributed by atoms with van der Waals surface area (Å²) in [5.74, 6) is -3.54. The summed E-state index contributed by atoms with van der Waals surface area (Å²) in [6, 6.07) is 11.8. The third-order valence-electron chi connectivity index (χ3n) is 5.32. The number of nitriles is 1. The van der Waals surface area contributed by atoms with Gasteiger partial charge < -0.3 is 5.32 Å². The molecule has 2 atom stereocenters. The van der Waals surface area contributed by atoms with Crippen LogP contribution in [0.4, 0.5) is 13.2 Å². The molecule has 3 rings (SSSR count). The molecule has 0 bridgehead atoms. The van der Waals surface area contributed by atoms with E-state index in [1.54, 1.807) is 36.7 Å². The molecule has 0 spiro atoms. The number of nitrogens with zero attached hydrogens (tertiary/aromatic N) is 2. The van der Waals surface area contributed by atoms with Crippen LogP contribution in [-0.4, -0.2) is 23.5 Å². The van der Waals surface area contributed by atoms with Crippen LogP contribution in [0.3, 0.4) is 0 Å². The highest BCUT2D eigenvalue weighted by molar-refractivity contribution is 5.82. The van der Waals surface area contributed by atoms with E-state index in [-0.39, 0.29) is 18.0 Å². The summed E-state index contributed by atoms with van der Waals surface area (Å²) in [6.07, 6.45) is 3.67. The van der Waals surface area contributed by atoms with Gasteiger partial charge in [0.15, 0.2) is 0 Å². The number of hydrogen-bond acceptors (Lipinski definition) is 4. The quantitative estimate of drug-likeness (QED) is 0.440. The van der Waals surface area contributed by atoms with Crippen LogP contribution >= 0.6 is 0 Å². The number of nitrogens with one attached hydrogen (secondary N) is 2. The standard InChI is InChI=1S/C26H25F3N4O/c1-16(2)13-23(26(34)32-12-9-30)33-25(24-21(28)14-20(27)15-22(24)29)19-5-3-17(4-6-19)18-7-10-31-11-8-18/h3-8,10-11,14-16,23,25,33H,12-13H2,1-2H3,(H,32,34)/t23-,25?/m0/s1. The summed E-state index contributed by atoms with van der Waals surface area (Å²) < 4.78 is 43.3. The Morgan fingerprint density at radius 1 is 1.00 bits per heavy atom. The van der Waals surface area contributed by atoms with E-state index in [1.807, 2.05) is 32.0 Å². The lowest BCUT2D eigenvalue weighted by Crippen LogP contribution is -2.47.